The lowest BCUT2D eigenvalue weighted by Gasteiger charge is -2.25. The molecule has 1 atom stereocenters. The maximum Gasteiger partial charge on any atom is 0.296 e. The van der Waals surface area contributed by atoms with E-state index in [0.717, 1.165) is 11.1 Å². The molecule has 1 aliphatic rings. The Morgan fingerprint density at radius 2 is 1.88 bits per heavy atom. The number of nitrogens with zero attached hydrogens (tertiary/aromatic N) is 2. The first kappa shape index (κ1) is 21.2. The first-order valence-electron chi connectivity index (χ1n) is 10.2. The number of carbonyl (C=O) groups is 1. The van der Waals surface area contributed by atoms with Gasteiger partial charge in [0.05, 0.1) is 28.6 Å². The number of fused-ring (bicyclic) bond motifs is 2. The zero-order valence-corrected chi connectivity index (χ0v) is 19.6. The Kier molecular flexibility index (Phi) is 4.97. The highest BCUT2D eigenvalue weighted by Gasteiger charge is 2.44. The Hall–Kier alpha value is -3.65. The van der Waals surface area contributed by atoms with Gasteiger partial charge < -0.3 is 14.3 Å². The molecule has 0 spiro atoms. The van der Waals surface area contributed by atoms with Gasteiger partial charge in [-0.3, -0.25) is 14.5 Å². The molecule has 3 heterocycles. The molecule has 0 bridgehead atoms. The highest BCUT2D eigenvalue weighted by molar-refractivity contribution is 9.10. The normalized spacial score (nSPS) is 15.2. The summed E-state index contributed by atoms with van der Waals surface area (Å²) >= 11 is 3.34. The molecule has 166 valence electrons. The number of pyridine rings is 1. The van der Waals surface area contributed by atoms with Crippen LogP contribution in [-0.4, -0.2) is 23.1 Å². The van der Waals surface area contributed by atoms with Gasteiger partial charge in [-0.05, 0) is 82.9 Å². The van der Waals surface area contributed by atoms with E-state index in [4.69, 9.17) is 9.15 Å². The number of halogens is 1. The number of aryl methyl sites for hydroxylation is 2. The van der Waals surface area contributed by atoms with Crippen molar-refractivity contribution >= 4 is 38.6 Å². The van der Waals surface area contributed by atoms with E-state index in [1.165, 1.54) is 12.0 Å². The van der Waals surface area contributed by atoms with Crippen molar-refractivity contribution in [3.8, 4) is 11.5 Å². The molecule has 1 amide bonds. The Bertz CT molecular complexity index is 1500. The molecule has 0 saturated heterocycles. The predicted molar refractivity (Wildman–Crippen MR) is 127 cm³/mol. The number of rotatable bonds is 3. The molecule has 8 heteroatoms. The Balaban J connectivity index is 1.85. The molecule has 7 nitrogen and oxygen atoms in total. The van der Waals surface area contributed by atoms with E-state index in [0.29, 0.717) is 26.8 Å². The lowest BCUT2D eigenvalue weighted by atomic mass is 9.97. The molecule has 1 aliphatic heterocycles. The number of aromatic hydroxyl groups is 1. The summed E-state index contributed by atoms with van der Waals surface area (Å²) < 4.78 is 11.7. The van der Waals surface area contributed by atoms with Gasteiger partial charge in [0.15, 0.2) is 16.9 Å². The zero-order valence-electron chi connectivity index (χ0n) is 18.0. The zero-order chi connectivity index (χ0) is 23.4. The summed E-state index contributed by atoms with van der Waals surface area (Å²) in [5, 5.41) is 10.7. The van der Waals surface area contributed by atoms with Gasteiger partial charge in [-0.25, -0.2) is 4.98 Å². The minimum atomic E-state index is -0.824. The molecule has 5 rings (SSSR count). The quantitative estimate of drug-likeness (QED) is 0.418. The van der Waals surface area contributed by atoms with Crippen LogP contribution < -0.4 is 15.1 Å². The number of carbonyl (C=O) groups excluding carboxylic acids is 1. The van der Waals surface area contributed by atoms with Crippen LogP contribution in [0.2, 0.25) is 0 Å². The molecule has 0 aliphatic carbocycles. The summed E-state index contributed by atoms with van der Waals surface area (Å²) in [7, 11) is 1.43. The number of hydrogen-bond acceptors (Lipinski definition) is 6. The van der Waals surface area contributed by atoms with Gasteiger partial charge in [-0.2, -0.15) is 0 Å². The molecule has 2 aromatic carbocycles. The van der Waals surface area contributed by atoms with E-state index in [9.17, 15) is 14.7 Å². The summed E-state index contributed by atoms with van der Waals surface area (Å²) in [6.07, 6.45) is 1.58. The molecule has 4 aromatic rings. The van der Waals surface area contributed by atoms with Crippen molar-refractivity contribution in [3.63, 3.8) is 0 Å². The van der Waals surface area contributed by atoms with Crippen molar-refractivity contribution in [1.29, 1.82) is 0 Å². The number of anilines is 1. The second kappa shape index (κ2) is 7.74. The highest BCUT2D eigenvalue weighted by Crippen LogP contribution is 2.44. The van der Waals surface area contributed by atoms with E-state index in [1.807, 2.05) is 13.8 Å². The SMILES string of the molecule is COc1cc(C2c3c(oc4cc(C)c(C)cc4c3=O)C(=O)N2c2ccccn2)cc(Br)c1O. The summed E-state index contributed by atoms with van der Waals surface area (Å²) in [5.41, 5.74) is 2.77. The standard InChI is InChI=1S/C25H19BrN2O5/c1-12-8-15-17(9-13(12)2)33-24-20(22(15)29)21(14-10-16(26)23(30)18(11-14)32-3)28(25(24)31)19-6-4-5-7-27-19/h4-11,21,30H,1-3H3. The van der Waals surface area contributed by atoms with Gasteiger partial charge in [0.1, 0.15) is 11.4 Å². The highest BCUT2D eigenvalue weighted by atomic mass is 79.9. The summed E-state index contributed by atoms with van der Waals surface area (Å²) in [6.45, 7) is 3.85. The number of phenolic OH excluding ortho intramolecular Hbond substituents is 1. The van der Waals surface area contributed by atoms with Gasteiger partial charge >= 0.3 is 0 Å². The fourth-order valence-electron chi connectivity index (χ4n) is 4.18. The number of aromatic nitrogens is 1. The maximum atomic E-state index is 13.7. The monoisotopic (exact) mass is 506 g/mol. The summed E-state index contributed by atoms with van der Waals surface area (Å²) in [6, 6.07) is 11.2. The second-order valence-corrected chi connectivity index (χ2v) is 8.78. The second-order valence-electron chi connectivity index (χ2n) is 7.93. The van der Waals surface area contributed by atoms with Crippen LogP contribution in [0.15, 0.2) is 62.3 Å². The first-order valence-corrected chi connectivity index (χ1v) is 11.0. The van der Waals surface area contributed by atoms with Crippen LogP contribution in [0.25, 0.3) is 11.0 Å². The average Bonchev–Trinajstić information content (AvgIpc) is 3.10. The van der Waals surface area contributed by atoms with Crippen molar-refractivity contribution in [1.82, 2.24) is 4.98 Å². The van der Waals surface area contributed by atoms with Crippen LogP contribution in [-0.2, 0) is 0 Å². The third-order valence-electron chi connectivity index (χ3n) is 5.97. The molecule has 2 aromatic heterocycles. The number of phenols is 1. The van der Waals surface area contributed by atoms with Crippen molar-refractivity contribution in [2.75, 3.05) is 12.0 Å². The number of hydrogen-bond donors (Lipinski definition) is 1. The molecule has 0 radical (unpaired) electrons. The van der Waals surface area contributed by atoms with E-state index < -0.39 is 11.9 Å². The summed E-state index contributed by atoms with van der Waals surface area (Å²) in [5.74, 6) is 0.0197. The van der Waals surface area contributed by atoms with Gasteiger partial charge in [0.25, 0.3) is 5.91 Å². The van der Waals surface area contributed by atoms with Crippen molar-refractivity contribution in [3.05, 3.63) is 91.4 Å². The number of benzene rings is 2. The number of ether oxygens (including phenoxy) is 1. The Morgan fingerprint density at radius 3 is 2.58 bits per heavy atom. The predicted octanol–water partition coefficient (Wildman–Crippen LogP) is 5.03. The number of amides is 1. The van der Waals surface area contributed by atoms with E-state index in [-0.39, 0.29) is 28.3 Å². The van der Waals surface area contributed by atoms with Crippen LogP contribution in [0.3, 0.4) is 0 Å². The Morgan fingerprint density at radius 1 is 1.12 bits per heavy atom. The molecule has 0 fully saturated rings. The van der Waals surface area contributed by atoms with Gasteiger partial charge in [-0.15, -0.1) is 0 Å². The Labute approximate surface area is 197 Å². The van der Waals surface area contributed by atoms with Crippen molar-refractivity contribution < 1.29 is 19.1 Å². The van der Waals surface area contributed by atoms with Gasteiger partial charge in [0, 0.05) is 6.20 Å². The smallest absolute Gasteiger partial charge is 0.296 e. The largest absolute Gasteiger partial charge is 0.503 e. The lowest BCUT2D eigenvalue weighted by Crippen LogP contribution is -2.30. The maximum absolute atomic E-state index is 13.7. The fraction of sp³-hybridized carbons (Fsp3) is 0.160. The van der Waals surface area contributed by atoms with Crippen LogP contribution in [0.5, 0.6) is 11.5 Å². The van der Waals surface area contributed by atoms with Crippen LogP contribution >= 0.6 is 15.9 Å². The lowest BCUT2D eigenvalue weighted by molar-refractivity contribution is 0.0970. The van der Waals surface area contributed by atoms with Crippen molar-refractivity contribution in [2.45, 2.75) is 19.9 Å². The van der Waals surface area contributed by atoms with E-state index in [1.54, 1.807) is 48.7 Å². The first-order chi connectivity index (χ1) is 15.8. The third-order valence-corrected chi connectivity index (χ3v) is 6.57. The van der Waals surface area contributed by atoms with Crippen molar-refractivity contribution in [2.24, 2.45) is 0 Å². The van der Waals surface area contributed by atoms with Crippen LogP contribution in [0, 0.1) is 13.8 Å². The van der Waals surface area contributed by atoms with Crippen LogP contribution in [0.4, 0.5) is 5.82 Å². The topological polar surface area (TPSA) is 92.9 Å². The molecule has 1 unspecified atom stereocenters. The van der Waals surface area contributed by atoms with Crippen LogP contribution in [0.1, 0.15) is 38.9 Å². The molecular formula is C25H19BrN2O5. The van der Waals surface area contributed by atoms with E-state index >= 15 is 0 Å². The molecular weight excluding hydrogens is 488 g/mol. The molecule has 0 saturated carbocycles. The van der Waals surface area contributed by atoms with E-state index in [2.05, 4.69) is 20.9 Å². The van der Waals surface area contributed by atoms with Gasteiger partial charge in [0.2, 0.25) is 5.76 Å². The fourth-order valence-corrected chi connectivity index (χ4v) is 4.64. The average molecular weight is 507 g/mol. The summed E-state index contributed by atoms with van der Waals surface area (Å²) in [4.78, 5) is 33.1. The molecule has 33 heavy (non-hydrogen) atoms. The minimum absolute atomic E-state index is 0.0189. The molecule has 1 N–H and O–H groups in total. The minimum Gasteiger partial charge on any atom is -0.503 e. The number of methoxy groups -OCH3 is 1. The third kappa shape index (κ3) is 3.21. The van der Waals surface area contributed by atoms with Gasteiger partial charge in [-0.1, -0.05) is 6.07 Å².